The van der Waals surface area contributed by atoms with Gasteiger partial charge in [-0.3, -0.25) is 20.4 Å². The van der Waals surface area contributed by atoms with E-state index in [1.165, 1.54) is 6.20 Å². The second-order valence-electron chi connectivity index (χ2n) is 4.49. The molecule has 0 unspecified atom stereocenters. The molecular weight excluding hydrogens is 304 g/mol. The van der Waals surface area contributed by atoms with Crippen LogP contribution in [0.1, 0.15) is 10.4 Å². The van der Waals surface area contributed by atoms with Gasteiger partial charge in [-0.2, -0.15) is 0 Å². The van der Waals surface area contributed by atoms with Crippen molar-refractivity contribution in [3.8, 4) is 0 Å². The molecule has 6 nitrogen and oxygen atoms in total. The van der Waals surface area contributed by atoms with E-state index >= 15 is 0 Å². The van der Waals surface area contributed by atoms with E-state index in [1.807, 2.05) is 0 Å². The number of carbonyl (C=O) groups is 1. The van der Waals surface area contributed by atoms with Gasteiger partial charge in [0.05, 0.1) is 10.6 Å². The van der Waals surface area contributed by atoms with Crippen LogP contribution in [0.3, 0.4) is 0 Å². The molecule has 0 spiro atoms. The van der Waals surface area contributed by atoms with Crippen molar-refractivity contribution < 1.29 is 4.79 Å². The van der Waals surface area contributed by atoms with Crippen molar-refractivity contribution in [2.24, 2.45) is 0 Å². The number of halogens is 1. The molecule has 0 saturated carbocycles. The lowest BCUT2D eigenvalue weighted by molar-refractivity contribution is 0.0964. The van der Waals surface area contributed by atoms with Gasteiger partial charge in [0.15, 0.2) is 5.82 Å². The minimum Gasteiger partial charge on any atom is -0.328 e. The molecule has 0 aliphatic rings. The summed E-state index contributed by atoms with van der Waals surface area (Å²) >= 11 is 5.95. The van der Waals surface area contributed by atoms with Gasteiger partial charge < -0.3 is 4.98 Å². The number of hydrogen-bond acceptors (Lipinski definition) is 4. The fourth-order valence-corrected chi connectivity index (χ4v) is 2.23. The molecule has 3 aromatic rings. The average molecular weight is 315 g/mol. The number of fused-ring (bicyclic) bond motifs is 1. The number of aromatic nitrogens is 2. The Bertz CT molecular complexity index is 907. The average Bonchev–Trinajstić information content (AvgIpc) is 2.54. The monoisotopic (exact) mass is 314 g/mol. The Hall–Kier alpha value is -2.86. The molecule has 2 aromatic heterocycles. The number of H-pyrrole nitrogens is 1. The summed E-state index contributed by atoms with van der Waals surface area (Å²) in [5, 5.41) is 1.40. The number of nitrogens with zero attached hydrogens (tertiary/aromatic N) is 1. The predicted molar refractivity (Wildman–Crippen MR) is 84.9 cm³/mol. The summed E-state index contributed by atoms with van der Waals surface area (Å²) in [4.78, 5) is 30.6. The summed E-state index contributed by atoms with van der Waals surface area (Å²) in [7, 11) is 0. The molecule has 0 atom stereocenters. The van der Waals surface area contributed by atoms with Gasteiger partial charge in [0, 0.05) is 23.2 Å². The number of rotatable bonds is 3. The highest BCUT2D eigenvalue weighted by atomic mass is 35.5. The summed E-state index contributed by atoms with van der Waals surface area (Å²) in [6, 6.07) is 10.2. The Morgan fingerprint density at radius 3 is 2.68 bits per heavy atom. The van der Waals surface area contributed by atoms with Crippen molar-refractivity contribution in [3.63, 3.8) is 0 Å². The summed E-state index contributed by atoms with van der Waals surface area (Å²) in [5.74, 6) is -0.0691. The number of aromatic amines is 1. The van der Waals surface area contributed by atoms with Gasteiger partial charge in [-0.1, -0.05) is 29.8 Å². The highest BCUT2D eigenvalue weighted by Gasteiger charge is 2.12. The van der Waals surface area contributed by atoms with Crippen LogP contribution >= 0.6 is 11.6 Å². The molecule has 7 heteroatoms. The minimum atomic E-state index is -0.408. The molecule has 0 saturated heterocycles. The molecular formula is C15H11ClN4O2. The smallest absolute Gasteiger partial charge is 0.271 e. The Morgan fingerprint density at radius 2 is 1.91 bits per heavy atom. The van der Waals surface area contributed by atoms with Crippen LogP contribution in [-0.2, 0) is 0 Å². The van der Waals surface area contributed by atoms with E-state index in [9.17, 15) is 9.59 Å². The number of anilines is 1. The third-order valence-electron chi connectivity index (χ3n) is 3.11. The first-order valence-electron chi connectivity index (χ1n) is 6.44. The third-order valence-corrected chi connectivity index (χ3v) is 3.41. The molecule has 0 aliphatic carbocycles. The summed E-state index contributed by atoms with van der Waals surface area (Å²) in [5.41, 5.74) is 5.27. The van der Waals surface area contributed by atoms with Crippen molar-refractivity contribution >= 4 is 34.1 Å². The first-order valence-corrected chi connectivity index (χ1v) is 6.82. The number of carbonyl (C=O) groups excluding carboxylic acids is 1. The normalized spacial score (nSPS) is 10.4. The van der Waals surface area contributed by atoms with Gasteiger partial charge >= 0.3 is 0 Å². The van der Waals surface area contributed by atoms with Gasteiger partial charge in [0.25, 0.3) is 11.5 Å². The second-order valence-corrected chi connectivity index (χ2v) is 4.90. The number of amides is 1. The lowest BCUT2D eigenvalue weighted by Gasteiger charge is -2.10. The van der Waals surface area contributed by atoms with Gasteiger partial charge in [0.1, 0.15) is 0 Å². The van der Waals surface area contributed by atoms with E-state index in [-0.39, 0.29) is 5.56 Å². The first-order chi connectivity index (χ1) is 10.7. The Labute approximate surface area is 130 Å². The molecule has 3 rings (SSSR count). The fraction of sp³-hybridized carbons (Fsp3) is 0. The molecule has 2 heterocycles. The van der Waals surface area contributed by atoms with Crippen molar-refractivity contribution in [3.05, 3.63) is 69.7 Å². The summed E-state index contributed by atoms with van der Waals surface area (Å²) in [6.45, 7) is 0. The zero-order valence-electron chi connectivity index (χ0n) is 11.3. The molecule has 110 valence electrons. The van der Waals surface area contributed by atoms with Crippen LogP contribution in [0.25, 0.3) is 10.8 Å². The summed E-state index contributed by atoms with van der Waals surface area (Å²) < 4.78 is 0. The minimum absolute atomic E-state index is 0.243. The molecule has 0 radical (unpaired) electrons. The van der Waals surface area contributed by atoms with Crippen molar-refractivity contribution in [1.29, 1.82) is 0 Å². The zero-order chi connectivity index (χ0) is 15.5. The van der Waals surface area contributed by atoms with Crippen LogP contribution in [0.2, 0.25) is 5.02 Å². The van der Waals surface area contributed by atoms with Gasteiger partial charge in [-0.05, 0) is 18.2 Å². The van der Waals surface area contributed by atoms with Crippen LogP contribution in [0.15, 0.2) is 53.6 Å². The van der Waals surface area contributed by atoms with Crippen molar-refractivity contribution in [1.82, 2.24) is 15.4 Å². The SMILES string of the molecule is O=C(NNc1ncccc1Cl)c1c[nH]c(=O)c2ccccc12. The lowest BCUT2D eigenvalue weighted by atomic mass is 10.1. The van der Waals surface area contributed by atoms with E-state index in [1.54, 1.807) is 42.6 Å². The molecule has 1 amide bonds. The summed E-state index contributed by atoms with van der Waals surface area (Å²) in [6.07, 6.45) is 2.93. The van der Waals surface area contributed by atoms with Crippen LogP contribution < -0.4 is 16.4 Å². The fourth-order valence-electron chi connectivity index (χ4n) is 2.06. The first kappa shape index (κ1) is 14.1. The largest absolute Gasteiger partial charge is 0.328 e. The predicted octanol–water partition coefficient (Wildman–Crippen LogP) is 2.33. The van der Waals surface area contributed by atoms with E-state index in [2.05, 4.69) is 20.8 Å². The molecule has 3 N–H and O–H groups in total. The maximum atomic E-state index is 12.3. The number of hydrazine groups is 1. The van der Waals surface area contributed by atoms with E-state index in [0.717, 1.165) is 0 Å². The Kier molecular flexibility index (Phi) is 3.76. The maximum Gasteiger partial charge on any atom is 0.271 e. The van der Waals surface area contributed by atoms with Crippen LogP contribution in [0, 0.1) is 0 Å². The number of nitrogens with one attached hydrogen (secondary N) is 3. The lowest BCUT2D eigenvalue weighted by Crippen LogP contribution is -2.30. The van der Waals surface area contributed by atoms with E-state index < -0.39 is 5.91 Å². The number of benzene rings is 1. The third kappa shape index (κ3) is 2.64. The van der Waals surface area contributed by atoms with Gasteiger partial charge in [-0.25, -0.2) is 4.98 Å². The van der Waals surface area contributed by atoms with Crippen molar-refractivity contribution in [2.75, 3.05) is 5.43 Å². The van der Waals surface area contributed by atoms with Crippen LogP contribution in [-0.4, -0.2) is 15.9 Å². The highest BCUT2D eigenvalue weighted by molar-refractivity contribution is 6.32. The quantitative estimate of drug-likeness (QED) is 0.648. The van der Waals surface area contributed by atoms with Crippen molar-refractivity contribution in [2.45, 2.75) is 0 Å². The van der Waals surface area contributed by atoms with Crippen LogP contribution in [0.4, 0.5) is 5.82 Å². The Morgan fingerprint density at radius 1 is 1.14 bits per heavy atom. The molecule has 0 aliphatic heterocycles. The van der Waals surface area contributed by atoms with E-state index in [4.69, 9.17) is 11.6 Å². The zero-order valence-corrected chi connectivity index (χ0v) is 12.0. The number of hydrogen-bond donors (Lipinski definition) is 3. The molecule has 0 fully saturated rings. The highest BCUT2D eigenvalue weighted by Crippen LogP contribution is 2.17. The van der Waals surface area contributed by atoms with Crippen LogP contribution in [0.5, 0.6) is 0 Å². The molecule has 22 heavy (non-hydrogen) atoms. The molecule has 1 aromatic carbocycles. The van der Waals surface area contributed by atoms with E-state index in [0.29, 0.717) is 27.2 Å². The standard InChI is InChI=1S/C15H11ClN4O2/c16-12-6-3-7-17-13(12)19-20-15(22)11-8-18-14(21)10-5-2-1-4-9(10)11/h1-8H,(H,17,19)(H,18,21)(H,20,22). The second kappa shape index (κ2) is 5.87. The van der Waals surface area contributed by atoms with Gasteiger partial charge in [0.2, 0.25) is 0 Å². The topological polar surface area (TPSA) is 86.9 Å². The Balaban J connectivity index is 1.89. The number of pyridine rings is 2. The maximum absolute atomic E-state index is 12.3. The molecule has 0 bridgehead atoms. The van der Waals surface area contributed by atoms with Gasteiger partial charge in [-0.15, -0.1) is 0 Å².